The smallest absolute Gasteiger partial charge is 0.155 e. The van der Waals surface area contributed by atoms with Gasteiger partial charge >= 0.3 is 0 Å². The van der Waals surface area contributed by atoms with Crippen LogP contribution in [-0.2, 0) is 100 Å². The molecule has 12 heteroatoms. The van der Waals surface area contributed by atoms with Gasteiger partial charge in [-0.3, -0.25) is 0 Å². The van der Waals surface area contributed by atoms with Gasteiger partial charge in [-0.25, -0.2) is 0 Å². The average molecular weight is 1100 g/mol. The molecule has 0 amide bonds. The van der Waals surface area contributed by atoms with E-state index in [9.17, 15) is 10.2 Å². The summed E-state index contributed by atoms with van der Waals surface area (Å²) >= 11 is 0. The zero-order chi connectivity index (χ0) is 25.6. The van der Waals surface area contributed by atoms with Crippen LogP contribution in [0.3, 0.4) is 0 Å². The molecule has 0 aromatic rings. The second-order valence-electron chi connectivity index (χ2n) is 10.9. The SMILES string of the molecule is [3H]P(OCC1CC(C)C(C)C1O)OC1C(CO)CC(C)C1C.[3H]POC1C(CO)CC(C)C1C.[U].[W].[Y].[Y]. The van der Waals surface area contributed by atoms with E-state index in [4.69, 9.17) is 21.2 Å². The van der Waals surface area contributed by atoms with E-state index in [1.807, 2.05) is 0 Å². The van der Waals surface area contributed by atoms with Gasteiger partial charge in [0, 0.05) is 158 Å². The van der Waals surface area contributed by atoms with Crippen LogP contribution in [0.4, 0.5) is 0 Å². The minimum atomic E-state index is -1.71. The number of aliphatic hydroxyl groups is 3. The van der Waals surface area contributed by atoms with Gasteiger partial charge in [-0.1, -0.05) is 41.5 Å². The van der Waals surface area contributed by atoms with Gasteiger partial charge in [0.1, 0.15) is 1.28 Å². The predicted octanol–water partition coefficient (Wildman–Crippen LogP) is 4.27. The first-order chi connectivity index (χ1) is 16.0. The van der Waals surface area contributed by atoms with Crippen LogP contribution in [0, 0.1) is 84.4 Å². The number of rotatable bonds is 9. The Bertz CT molecular complexity index is 618. The van der Waals surface area contributed by atoms with Crippen molar-refractivity contribution in [1.29, 1.82) is 2.56 Å². The fourth-order valence-electron chi connectivity index (χ4n) is 5.87. The Morgan fingerprint density at radius 1 is 0.833 bits per heavy atom. The molecule has 0 heterocycles. The summed E-state index contributed by atoms with van der Waals surface area (Å²) in [6, 6.07) is 0. The van der Waals surface area contributed by atoms with E-state index < -0.39 is 8.98 Å². The molecule has 0 saturated heterocycles. The van der Waals surface area contributed by atoms with Crippen LogP contribution in [0.15, 0.2) is 0 Å². The van der Waals surface area contributed by atoms with E-state index in [1.54, 1.807) is 0 Å². The fourth-order valence-corrected chi connectivity index (χ4v) is 7.06. The Morgan fingerprint density at radius 2 is 1.28 bits per heavy atom. The molecular formula is C24H48O6P2UWY2. The summed E-state index contributed by atoms with van der Waals surface area (Å²) in [6.45, 7) is 13.5. The zero-order valence-electron chi connectivity index (χ0n) is 24.7. The molecule has 0 bridgehead atoms. The molecule has 3 saturated carbocycles. The van der Waals surface area contributed by atoms with Crippen LogP contribution in [0.1, 0.15) is 60.8 Å². The van der Waals surface area contributed by atoms with Gasteiger partial charge in [-0.15, -0.1) is 0 Å². The molecule has 0 aliphatic heterocycles. The maximum Gasteiger partial charge on any atom is 0.155 e. The Balaban J connectivity index is -0.000000665. The van der Waals surface area contributed by atoms with Gasteiger partial charge in [0.15, 0.2) is 8.98 Å². The van der Waals surface area contributed by atoms with E-state index in [0.29, 0.717) is 42.1 Å². The molecule has 36 heavy (non-hydrogen) atoms. The summed E-state index contributed by atoms with van der Waals surface area (Å²) in [5.74, 6) is 3.21. The van der Waals surface area contributed by atoms with Gasteiger partial charge in [0.2, 0.25) is 0 Å². The van der Waals surface area contributed by atoms with Gasteiger partial charge in [0.05, 0.1) is 26.2 Å². The van der Waals surface area contributed by atoms with Crippen LogP contribution in [0.25, 0.3) is 0 Å². The first-order valence-corrected chi connectivity index (χ1v) is 13.5. The van der Waals surface area contributed by atoms with Crippen molar-refractivity contribution in [3.63, 3.8) is 0 Å². The van der Waals surface area contributed by atoms with Crippen molar-refractivity contribution in [1.82, 2.24) is 0 Å². The molecule has 2 radical (unpaired) electrons. The summed E-state index contributed by atoms with van der Waals surface area (Å²) < 4.78 is 31.8. The minimum absolute atomic E-state index is 0. The van der Waals surface area contributed by atoms with Crippen molar-refractivity contribution < 1.29 is 146 Å². The molecule has 206 valence electrons. The molecule has 0 spiro atoms. The Hall–Kier alpha value is 4.57. The first kappa shape index (κ1) is 40.6. The molecule has 14 unspecified atom stereocenters. The number of hydrogen-bond donors (Lipinski definition) is 3. The van der Waals surface area contributed by atoms with E-state index in [2.05, 4.69) is 41.5 Å². The molecule has 3 fully saturated rings. The van der Waals surface area contributed by atoms with Crippen LogP contribution in [0.2, 0.25) is 0 Å². The van der Waals surface area contributed by atoms with E-state index in [0.717, 1.165) is 19.3 Å². The summed E-state index contributed by atoms with van der Waals surface area (Å²) in [4.78, 5) is 0. The summed E-state index contributed by atoms with van der Waals surface area (Å²) in [7, 11) is -1.91. The molecule has 0 aromatic carbocycles. The Labute approximate surface area is 315 Å². The van der Waals surface area contributed by atoms with Crippen molar-refractivity contribution in [2.45, 2.75) is 79.1 Å². The van der Waals surface area contributed by atoms with Crippen molar-refractivity contribution >= 4 is 18.4 Å². The fraction of sp³-hybridized carbons (Fsp3) is 1.00. The van der Waals surface area contributed by atoms with Gasteiger partial charge in [0.25, 0.3) is 0 Å². The van der Waals surface area contributed by atoms with E-state index in [1.165, 1.54) is 0 Å². The van der Waals surface area contributed by atoms with Gasteiger partial charge in [-0.05, 0) is 54.8 Å². The molecule has 3 aliphatic carbocycles. The summed E-state index contributed by atoms with van der Waals surface area (Å²) in [5.41, 5.74) is 0. The second-order valence-corrected chi connectivity index (χ2v) is 11.7. The standard InChI is InChI=1S/C16H31O4P.C8H17O2P.U.W.2Y/c1-9-6-14(15(18)11(9)3)8-19-21-20-16-12(4)10(2)5-13(16)7-17;1-5-3-7(4-9)8(10-11)6(5)2;;;;/h9-18,21H,5-8H2,1-4H3;5-9H,3-4,11H2,1-2H3;;;;/i21T;11T;;;;. The summed E-state index contributed by atoms with van der Waals surface area (Å²) in [6.07, 6.45) is 2.61. The topological polar surface area (TPSA) is 88.4 Å². The number of hydrogen-bond acceptors (Lipinski definition) is 6. The van der Waals surface area contributed by atoms with Crippen molar-refractivity contribution in [2.24, 2.45) is 53.3 Å². The predicted molar refractivity (Wildman–Crippen MR) is 133 cm³/mol. The molecule has 14 atom stereocenters. The van der Waals surface area contributed by atoms with Crippen LogP contribution >= 0.6 is 18.4 Å². The minimum Gasteiger partial charge on any atom is -0.396 e. The molecule has 0 aromatic heterocycles. The quantitative estimate of drug-likeness (QED) is 0.300. The maximum absolute atomic E-state index is 10.2. The Kier molecular flexibility index (Phi) is 25.9. The van der Waals surface area contributed by atoms with Crippen molar-refractivity contribution in [3.05, 3.63) is 0 Å². The van der Waals surface area contributed by atoms with Crippen LogP contribution < -0.4 is 0 Å². The molecule has 3 aliphatic rings. The molecule has 3 rings (SSSR count). The Morgan fingerprint density at radius 3 is 1.72 bits per heavy atom. The van der Waals surface area contributed by atoms with Crippen molar-refractivity contribution in [3.8, 4) is 0 Å². The number of aliphatic hydroxyl groups excluding tert-OH is 3. The largest absolute Gasteiger partial charge is 0.396 e. The van der Waals surface area contributed by atoms with E-state index in [-0.39, 0.29) is 176 Å². The average Bonchev–Trinajstić information content (AvgIpc) is 3.35. The molecular weight excluding hydrogens is 1050 g/mol. The van der Waals surface area contributed by atoms with Crippen LogP contribution in [-0.4, -0.2) is 56.0 Å². The third kappa shape index (κ3) is 12.7. The summed E-state index contributed by atoms with van der Waals surface area (Å²) in [5, 5.41) is 28.7. The maximum atomic E-state index is 10.2. The normalized spacial score (nSPS) is 43.1. The van der Waals surface area contributed by atoms with Gasteiger partial charge in [-0.2, -0.15) is 0 Å². The third-order valence-corrected chi connectivity index (χ3v) is 9.67. The monoisotopic (exact) mass is 1100 g/mol. The van der Waals surface area contributed by atoms with Gasteiger partial charge < -0.3 is 28.9 Å². The van der Waals surface area contributed by atoms with Crippen LogP contribution in [0.5, 0.6) is 0 Å². The third-order valence-electron chi connectivity index (χ3n) is 8.81. The second kappa shape index (κ2) is 23.0. The van der Waals surface area contributed by atoms with Crippen molar-refractivity contribution in [2.75, 3.05) is 19.8 Å². The first-order valence-electron chi connectivity index (χ1n) is 13.3. The molecule has 6 nitrogen and oxygen atoms in total. The van der Waals surface area contributed by atoms with E-state index >= 15 is 0 Å². The zero-order valence-corrected chi connectivity index (χ0v) is 37.4. The molecule has 3 N–H and O–H groups in total.